The van der Waals surface area contributed by atoms with E-state index in [9.17, 15) is 14.7 Å². The van der Waals surface area contributed by atoms with Gasteiger partial charge in [-0.25, -0.2) is 4.79 Å². The molecule has 0 spiro atoms. The van der Waals surface area contributed by atoms with Crippen LogP contribution in [0.15, 0.2) is 6.07 Å². The Morgan fingerprint density at radius 1 is 1.32 bits per heavy atom. The van der Waals surface area contributed by atoms with E-state index in [1.807, 2.05) is 6.07 Å². The number of thiophene rings is 1. The van der Waals surface area contributed by atoms with E-state index >= 15 is 0 Å². The Balaban J connectivity index is 1.77. The van der Waals surface area contributed by atoms with Gasteiger partial charge in [0.05, 0.1) is 8.67 Å². The normalized spacial score (nSPS) is 17.5. The Morgan fingerprint density at radius 2 is 1.95 bits per heavy atom. The second-order valence-electron chi connectivity index (χ2n) is 5.42. The molecule has 0 bridgehead atoms. The van der Waals surface area contributed by atoms with Crippen LogP contribution >= 0.6 is 34.5 Å². The van der Waals surface area contributed by atoms with Crippen LogP contribution in [0, 0.1) is 0 Å². The highest BCUT2D eigenvalue weighted by Gasteiger charge is 2.40. The second-order valence-corrected chi connectivity index (χ2v) is 7.71. The summed E-state index contributed by atoms with van der Waals surface area (Å²) in [4.78, 5) is 24.7. The van der Waals surface area contributed by atoms with Crippen LogP contribution in [-0.2, 0) is 16.0 Å². The number of carbonyl (C=O) groups is 2. The molecule has 1 saturated heterocycles. The molecule has 1 fully saturated rings. The van der Waals surface area contributed by atoms with Crippen LogP contribution in [0.5, 0.6) is 0 Å². The van der Waals surface area contributed by atoms with Gasteiger partial charge >= 0.3 is 5.97 Å². The number of nitrogens with zero attached hydrogens (tertiary/aromatic N) is 1. The van der Waals surface area contributed by atoms with E-state index in [1.54, 1.807) is 4.90 Å². The maximum atomic E-state index is 12.1. The fraction of sp³-hybridized carbons (Fsp3) is 0.571. The Labute approximate surface area is 142 Å². The van der Waals surface area contributed by atoms with Crippen molar-refractivity contribution in [3.8, 4) is 0 Å². The van der Waals surface area contributed by atoms with Crippen LogP contribution in [0.4, 0.5) is 0 Å². The van der Waals surface area contributed by atoms with Crippen molar-refractivity contribution in [2.45, 2.75) is 37.7 Å². The van der Waals surface area contributed by atoms with E-state index in [-0.39, 0.29) is 31.8 Å². The van der Waals surface area contributed by atoms with Gasteiger partial charge in [-0.2, -0.15) is 0 Å². The van der Waals surface area contributed by atoms with Crippen molar-refractivity contribution in [1.82, 2.24) is 4.90 Å². The van der Waals surface area contributed by atoms with Gasteiger partial charge in [0.2, 0.25) is 5.91 Å². The van der Waals surface area contributed by atoms with Gasteiger partial charge in [0, 0.05) is 32.4 Å². The molecule has 0 atom stereocenters. The lowest BCUT2D eigenvalue weighted by molar-refractivity contribution is -0.165. The fourth-order valence-corrected chi connectivity index (χ4v) is 4.02. The number of carbonyl (C=O) groups excluding carboxylic acids is 1. The SMILES string of the molecule is O=C(CCCc1cc(Cl)sc1Cl)N1CCC(O)(C(=O)O)CC1. The highest BCUT2D eigenvalue weighted by atomic mass is 35.5. The van der Waals surface area contributed by atoms with Gasteiger partial charge < -0.3 is 15.1 Å². The van der Waals surface area contributed by atoms with E-state index in [2.05, 4.69) is 0 Å². The van der Waals surface area contributed by atoms with Gasteiger partial charge in [-0.05, 0) is 24.5 Å². The van der Waals surface area contributed by atoms with Crippen LogP contribution < -0.4 is 0 Å². The van der Waals surface area contributed by atoms with E-state index in [0.717, 1.165) is 5.56 Å². The number of carboxylic acids is 1. The van der Waals surface area contributed by atoms with E-state index in [1.165, 1.54) is 11.3 Å². The number of rotatable bonds is 5. The third kappa shape index (κ3) is 4.13. The third-order valence-corrected chi connectivity index (χ3v) is 5.47. The van der Waals surface area contributed by atoms with Gasteiger partial charge in [0.15, 0.2) is 5.60 Å². The molecule has 1 aromatic heterocycles. The van der Waals surface area contributed by atoms with Gasteiger partial charge in [0.25, 0.3) is 0 Å². The monoisotopic (exact) mass is 365 g/mol. The van der Waals surface area contributed by atoms with Gasteiger partial charge in [0.1, 0.15) is 0 Å². The summed E-state index contributed by atoms with van der Waals surface area (Å²) in [5, 5.41) is 18.8. The molecular weight excluding hydrogens is 349 g/mol. The number of carboxylic acid groups (broad SMARTS) is 1. The molecule has 2 N–H and O–H groups in total. The third-order valence-electron chi connectivity index (χ3n) is 3.91. The molecule has 0 aliphatic carbocycles. The topological polar surface area (TPSA) is 77.8 Å². The van der Waals surface area contributed by atoms with Crippen molar-refractivity contribution < 1.29 is 19.8 Å². The number of likely N-dealkylation sites (tertiary alicyclic amines) is 1. The largest absolute Gasteiger partial charge is 0.479 e. The molecule has 5 nitrogen and oxygen atoms in total. The lowest BCUT2D eigenvalue weighted by atomic mass is 9.91. The average molecular weight is 366 g/mol. The molecule has 0 saturated carbocycles. The zero-order valence-corrected chi connectivity index (χ0v) is 14.2. The van der Waals surface area contributed by atoms with Crippen molar-refractivity contribution in [2.24, 2.45) is 0 Å². The first kappa shape index (κ1) is 17.5. The summed E-state index contributed by atoms with van der Waals surface area (Å²) >= 11 is 13.2. The number of aliphatic carboxylic acids is 1. The quantitative estimate of drug-likeness (QED) is 0.840. The molecule has 0 aromatic carbocycles. The Bertz CT molecular complexity index is 567. The minimum absolute atomic E-state index is 0.0233. The second kappa shape index (κ2) is 7.17. The molecule has 0 radical (unpaired) electrons. The van der Waals surface area contributed by atoms with Crippen LogP contribution in [0.3, 0.4) is 0 Å². The molecule has 1 aliphatic rings. The minimum atomic E-state index is -1.70. The highest BCUT2D eigenvalue weighted by Crippen LogP contribution is 2.32. The number of aliphatic hydroxyl groups is 1. The first-order chi connectivity index (χ1) is 10.3. The minimum Gasteiger partial charge on any atom is -0.479 e. The molecule has 22 heavy (non-hydrogen) atoms. The maximum absolute atomic E-state index is 12.1. The summed E-state index contributed by atoms with van der Waals surface area (Å²) in [6.45, 7) is 0.541. The van der Waals surface area contributed by atoms with Crippen molar-refractivity contribution >= 4 is 46.4 Å². The van der Waals surface area contributed by atoms with Crippen molar-refractivity contribution in [3.63, 3.8) is 0 Å². The van der Waals surface area contributed by atoms with Gasteiger partial charge in [-0.1, -0.05) is 23.2 Å². The zero-order chi connectivity index (χ0) is 16.3. The molecule has 1 aromatic rings. The van der Waals surface area contributed by atoms with Crippen LogP contribution in [0.25, 0.3) is 0 Å². The van der Waals surface area contributed by atoms with Crippen molar-refractivity contribution in [3.05, 3.63) is 20.3 Å². The van der Waals surface area contributed by atoms with E-state index in [0.29, 0.717) is 27.9 Å². The van der Waals surface area contributed by atoms with E-state index < -0.39 is 11.6 Å². The molecule has 8 heteroatoms. The summed E-state index contributed by atoms with van der Waals surface area (Å²) in [6, 6.07) is 1.81. The summed E-state index contributed by atoms with van der Waals surface area (Å²) in [5.41, 5.74) is -0.749. The average Bonchev–Trinajstić information content (AvgIpc) is 2.77. The molecule has 2 heterocycles. The summed E-state index contributed by atoms with van der Waals surface area (Å²) in [7, 11) is 0. The molecule has 1 amide bonds. The number of aryl methyl sites for hydroxylation is 1. The Kier molecular flexibility index (Phi) is 5.71. The van der Waals surface area contributed by atoms with Crippen molar-refractivity contribution in [1.29, 1.82) is 0 Å². The smallest absolute Gasteiger partial charge is 0.335 e. The molecule has 2 rings (SSSR count). The number of hydrogen-bond donors (Lipinski definition) is 2. The van der Waals surface area contributed by atoms with E-state index in [4.69, 9.17) is 28.3 Å². The number of amides is 1. The molecule has 0 unspecified atom stereocenters. The Morgan fingerprint density at radius 3 is 2.45 bits per heavy atom. The predicted octanol–water partition coefficient (Wildman–Crippen LogP) is 2.82. The first-order valence-electron chi connectivity index (χ1n) is 6.99. The summed E-state index contributed by atoms with van der Waals surface area (Å²) in [6.07, 6.45) is 1.85. The van der Waals surface area contributed by atoms with Gasteiger partial charge in [-0.3, -0.25) is 4.79 Å². The maximum Gasteiger partial charge on any atom is 0.335 e. The lowest BCUT2D eigenvalue weighted by Crippen LogP contribution is -2.50. The molecule has 1 aliphatic heterocycles. The Hall–Kier alpha value is -0.820. The number of piperidine rings is 1. The lowest BCUT2D eigenvalue weighted by Gasteiger charge is -2.35. The predicted molar refractivity (Wildman–Crippen MR) is 85.7 cm³/mol. The molecule has 122 valence electrons. The van der Waals surface area contributed by atoms with Crippen molar-refractivity contribution in [2.75, 3.05) is 13.1 Å². The van der Waals surface area contributed by atoms with Gasteiger partial charge in [-0.15, -0.1) is 11.3 Å². The summed E-state index contributed by atoms with van der Waals surface area (Å²) < 4.78 is 1.29. The summed E-state index contributed by atoms with van der Waals surface area (Å²) in [5.74, 6) is -1.24. The first-order valence-corrected chi connectivity index (χ1v) is 8.56. The molecular formula is C14H17Cl2NO4S. The standard InChI is InChI=1S/C14H17Cl2NO4S/c15-10-8-9(12(16)22-10)2-1-3-11(18)17-6-4-14(21,5-7-17)13(19)20/h8,21H,1-7H2,(H,19,20). The van der Waals surface area contributed by atoms with Crippen LogP contribution in [0.1, 0.15) is 31.2 Å². The number of halogens is 2. The number of hydrogen-bond acceptors (Lipinski definition) is 4. The van der Waals surface area contributed by atoms with Crippen LogP contribution in [-0.4, -0.2) is 45.7 Å². The zero-order valence-electron chi connectivity index (χ0n) is 11.8. The fourth-order valence-electron chi connectivity index (χ4n) is 2.47. The van der Waals surface area contributed by atoms with Crippen LogP contribution in [0.2, 0.25) is 8.67 Å². The highest BCUT2D eigenvalue weighted by molar-refractivity contribution is 7.20.